The van der Waals surface area contributed by atoms with E-state index in [-0.39, 0.29) is 24.3 Å². The van der Waals surface area contributed by atoms with E-state index in [1.54, 1.807) is 4.90 Å². The van der Waals surface area contributed by atoms with Crippen molar-refractivity contribution in [2.75, 3.05) is 13.7 Å². The largest absolute Gasteiger partial charge is 0.467 e. The molecular formula is C53H52N6O3. The summed E-state index contributed by atoms with van der Waals surface area (Å²) < 4.78 is 7.17. The molecule has 2 heterocycles. The zero-order valence-electron chi connectivity index (χ0n) is 35.1. The smallest absolute Gasteiger partial charge is 0.328 e. The maximum absolute atomic E-state index is 14.0. The zero-order chi connectivity index (χ0) is 42.3. The average molecular weight is 821 g/mol. The lowest BCUT2D eigenvalue weighted by molar-refractivity contribution is -0.150. The molecule has 2 fully saturated rings. The molecule has 0 spiro atoms. The lowest BCUT2D eigenvalue weighted by Gasteiger charge is -2.36. The van der Waals surface area contributed by atoms with Gasteiger partial charge in [-0.1, -0.05) is 183 Å². The van der Waals surface area contributed by atoms with Crippen LogP contribution in [-0.2, 0) is 32.8 Å². The first kappa shape index (κ1) is 40.7. The van der Waals surface area contributed by atoms with Crippen molar-refractivity contribution in [3.05, 3.63) is 197 Å². The second-order valence-corrected chi connectivity index (χ2v) is 16.6. The van der Waals surface area contributed by atoms with Crippen molar-refractivity contribution in [3.63, 3.8) is 0 Å². The fraction of sp³-hybridized carbons (Fsp3) is 0.264. The Morgan fingerprint density at radius 1 is 0.694 bits per heavy atom. The van der Waals surface area contributed by atoms with Gasteiger partial charge in [0.25, 0.3) is 0 Å². The molecule has 1 saturated carbocycles. The Hall–Kier alpha value is -6.71. The Balaban J connectivity index is 0.955. The number of hydrogen-bond donors (Lipinski definition) is 1. The first-order chi connectivity index (χ1) is 30.5. The number of hydrogen-bond acceptors (Lipinski definition) is 7. The van der Waals surface area contributed by atoms with Crippen molar-refractivity contribution < 1.29 is 14.3 Å². The third-order valence-electron chi connectivity index (χ3n) is 12.9. The number of ether oxygens (including phenoxy) is 1. The van der Waals surface area contributed by atoms with Gasteiger partial charge < -0.3 is 15.0 Å². The number of aromatic nitrogens is 4. The highest BCUT2D eigenvalue weighted by molar-refractivity contribution is 5.87. The van der Waals surface area contributed by atoms with Crippen molar-refractivity contribution in [1.82, 2.24) is 30.4 Å². The van der Waals surface area contributed by atoms with Gasteiger partial charge in [0.1, 0.15) is 11.6 Å². The Kier molecular flexibility index (Phi) is 12.1. The van der Waals surface area contributed by atoms with Gasteiger partial charge in [0.2, 0.25) is 5.91 Å². The summed E-state index contributed by atoms with van der Waals surface area (Å²) in [5, 5.41) is 17.5. The molecular weight excluding hydrogens is 769 g/mol. The van der Waals surface area contributed by atoms with Crippen LogP contribution in [0.1, 0.15) is 77.8 Å². The lowest BCUT2D eigenvalue weighted by Crippen LogP contribution is -2.42. The van der Waals surface area contributed by atoms with E-state index in [0.717, 1.165) is 44.5 Å². The third-order valence-corrected chi connectivity index (χ3v) is 12.9. The second-order valence-electron chi connectivity index (χ2n) is 16.6. The van der Waals surface area contributed by atoms with E-state index in [1.807, 2.05) is 41.1 Å². The van der Waals surface area contributed by atoms with E-state index >= 15 is 0 Å². The van der Waals surface area contributed by atoms with Gasteiger partial charge in [-0.2, -0.15) is 0 Å². The highest BCUT2D eigenvalue weighted by Gasteiger charge is 2.43. The van der Waals surface area contributed by atoms with E-state index in [4.69, 9.17) is 15.0 Å². The van der Waals surface area contributed by atoms with Gasteiger partial charge in [0.15, 0.2) is 5.82 Å². The van der Waals surface area contributed by atoms with Gasteiger partial charge >= 0.3 is 5.97 Å². The minimum atomic E-state index is -0.877. The molecule has 1 amide bonds. The normalized spacial score (nSPS) is 16.9. The van der Waals surface area contributed by atoms with Crippen molar-refractivity contribution in [3.8, 4) is 22.5 Å². The van der Waals surface area contributed by atoms with E-state index in [9.17, 15) is 9.59 Å². The lowest BCUT2D eigenvalue weighted by atomic mass is 9.77. The molecule has 1 aliphatic heterocycles. The van der Waals surface area contributed by atoms with Gasteiger partial charge in [-0.3, -0.25) is 4.79 Å². The molecule has 1 aromatic heterocycles. The Labute approximate surface area is 363 Å². The number of carbonyl (C=O) groups excluding carboxylic acids is 2. The molecule has 312 valence electrons. The van der Waals surface area contributed by atoms with E-state index in [1.165, 1.54) is 44.8 Å². The Morgan fingerprint density at radius 3 is 1.90 bits per heavy atom. The Bertz CT molecular complexity index is 2490. The summed E-state index contributed by atoms with van der Waals surface area (Å²) in [6.07, 6.45) is 6.86. The van der Waals surface area contributed by atoms with Crippen LogP contribution in [0.5, 0.6) is 0 Å². The van der Waals surface area contributed by atoms with Crippen molar-refractivity contribution >= 4 is 11.9 Å². The summed E-state index contributed by atoms with van der Waals surface area (Å²) in [4.78, 5) is 28.7. The van der Waals surface area contributed by atoms with Gasteiger partial charge in [0, 0.05) is 24.7 Å². The molecule has 1 aliphatic carbocycles. The molecule has 2 aliphatic rings. The Morgan fingerprint density at radius 2 is 1.27 bits per heavy atom. The number of rotatable bonds is 13. The second kappa shape index (κ2) is 18.5. The van der Waals surface area contributed by atoms with E-state index in [0.29, 0.717) is 31.3 Å². The van der Waals surface area contributed by atoms with Crippen LogP contribution in [0.25, 0.3) is 22.5 Å². The van der Waals surface area contributed by atoms with Crippen molar-refractivity contribution in [2.45, 2.75) is 75.0 Å². The number of amides is 1. The SMILES string of the molecule is COC(=O)[C@@H]1C[C@H](NCc2ccc(-c3ccccc3-c3nnnn3C(c3ccccc3)(c3ccccc3)c3ccccc3)cc2)CN1C(=O)Cc1ccccc1C1CCCCC1. The molecule has 7 aromatic rings. The standard InChI is InChI=1S/C53H52N6O3/c1-62-52(61)49-35-45(37-58(49)50(60)34-41-20-14-15-27-46(41)39-18-6-2-7-19-39)54-36-38-30-32-40(33-31-38)47-28-16-17-29-48(47)51-55-56-57-59(51)53(42-21-8-3-9-22-42,43-23-10-4-11-24-43)44-25-12-5-13-26-44/h3-5,8-17,20-33,39,45,49,54H,2,6-7,18-19,34-37H2,1H3/t45-,49-/m0/s1. The highest BCUT2D eigenvalue weighted by atomic mass is 16.5. The fourth-order valence-corrected chi connectivity index (χ4v) is 9.87. The average Bonchev–Trinajstić information content (AvgIpc) is 4.01. The minimum absolute atomic E-state index is 0.0319. The van der Waals surface area contributed by atoms with Crippen LogP contribution < -0.4 is 5.32 Å². The molecule has 2 atom stereocenters. The van der Waals surface area contributed by atoms with Crippen LogP contribution in [0.15, 0.2) is 164 Å². The predicted octanol–water partition coefficient (Wildman–Crippen LogP) is 9.37. The van der Waals surface area contributed by atoms with Crippen LogP contribution in [0.4, 0.5) is 0 Å². The number of likely N-dealkylation sites (tertiary alicyclic amines) is 1. The van der Waals surface area contributed by atoms with Gasteiger partial charge in [0.05, 0.1) is 13.5 Å². The monoisotopic (exact) mass is 820 g/mol. The van der Waals surface area contributed by atoms with E-state index < -0.39 is 11.6 Å². The van der Waals surface area contributed by atoms with Crippen LogP contribution in [0.3, 0.4) is 0 Å². The topological polar surface area (TPSA) is 102 Å². The summed E-state index contributed by atoms with van der Waals surface area (Å²) in [6, 6.07) is 55.7. The van der Waals surface area contributed by atoms with E-state index in [2.05, 4.69) is 138 Å². The maximum atomic E-state index is 14.0. The number of nitrogens with zero attached hydrogens (tertiary/aromatic N) is 5. The van der Waals surface area contributed by atoms with Crippen LogP contribution >= 0.6 is 0 Å². The fourth-order valence-electron chi connectivity index (χ4n) is 9.87. The number of nitrogens with one attached hydrogen (secondary N) is 1. The molecule has 0 radical (unpaired) electrons. The van der Waals surface area contributed by atoms with Crippen LogP contribution in [0.2, 0.25) is 0 Å². The molecule has 1 N–H and O–H groups in total. The van der Waals surface area contributed by atoms with Crippen molar-refractivity contribution in [1.29, 1.82) is 0 Å². The molecule has 9 nitrogen and oxygen atoms in total. The molecule has 1 saturated heterocycles. The molecule has 9 heteroatoms. The summed E-state index contributed by atoms with van der Waals surface area (Å²) in [5.74, 6) is 0.731. The predicted molar refractivity (Wildman–Crippen MR) is 242 cm³/mol. The molecule has 0 unspecified atom stereocenters. The number of esters is 1. The number of benzene rings is 6. The quantitative estimate of drug-likeness (QED) is 0.0914. The van der Waals surface area contributed by atoms with Crippen LogP contribution in [0, 0.1) is 0 Å². The van der Waals surface area contributed by atoms with Gasteiger partial charge in [-0.25, -0.2) is 9.48 Å². The molecule has 0 bridgehead atoms. The molecule has 9 rings (SSSR count). The highest BCUT2D eigenvalue weighted by Crippen LogP contribution is 2.43. The van der Waals surface area contributed by atoms with Crippen LogP contribution in [-0.4, -0.2) is 62.7 Å². The van der Waals surface area contributed by atoms with Crippen molar-refractivity contribution in [2.24, 2.45) is 0 Å². The first-order valence-electron chi connectivity index (χ1n) is 21.9. The summed E-state index contributed by atoms with van der Waals surface area (Å²) in [6.45, 7) is 1.03. The third kappa shape index (κ3) is 8.08. The number of tetrazole rings is 1. The van der Waals surface area contributed by atoms with Gasteiger partial charge in [-0.05, 0) is 80.1 Å². The molecule has 6 aromatic carbocycles. The molecule has 62 heavy (non-hydrogen) atoms. The number of carbonyl (C=O) groups is 2. The summed E-state index contributed by atoms with van der Waals surface area (Å²) in [7, 11) is 1.40. The first-order valence-corrected chi connectivity index (χ1v) is 21.9. The summed E-state index contributed by atoms with van der Waals surface area (Å²) in [5.41, 5.74) is 8.61. The minimum Gasteiger partial charge on any atom is -0.467 e. The summed E-state index contributed by atoms with van der Waals surface area (Å²) >= 11 is 0. The maximum Gasteiger partial charge on any atom is 0.328 e. The van der Waals surface area contributed by atoms with Gasteiger partial charge in [-0.15, -0.1) is 5.10 Å². The zero-order valence-corrected chi connectivity index (χ0v) is 35.1. The number of methoxy groups -OCH3 is 1.